The first kappa shape index (κ1) is 13.6. The van der Waals surface area contributed by atoms with Crippen LogP contribution < -0.4 is 0 Å². The summed E-state index contributed by atoms with van der Waals surface area (Å²) < 4.78 is 0. The van der Waals surface area contributed by atoms with E-state index in [1.54, 1.807) is 12.1 Å². The summed E-state index contributed by atoms with van der Waals surface area (Å²) in [5.41, 5.74) is 4.79. The molecular weight excluding hydrogens is 280 g/mol. The molecule has 0 fully saturated rings. The third-order valence-corrected chi connectivity index (χ3v) is 4.14. The Labute approximate surface area is 135 Å². The minimum atomic E-state index is 0.299. The molecule has 4 rings (SSSR count). The Balaban J connectivity index is 1.89. The zero-order valence-electron chi connectivity index (χ0n) is 12.6. The molecule has 0 radical (unpaired) electrons. The number of fused-ring (bicyclic) bond motifs is 1. The summed E-state index contributed by atoms with van der Waals surface area (Å²) in [6.45, 7) is 0. The summed E-state index contributed by atoms with van der Waals surface area (Å²) >= 11 is 0. The van der Waals surface area contributed by atoms with Crippen molar-refractivity contribution in [2.24, 2.45) is 0 Å². The van der Waals surface area contributed by atoms with Gasteiger partial charge in [0, 0.05) is 0 Å². The van der Waals surface area contributed by atoms with Crippen molar-refractivity contribution in [2.45, 2.75) is 0 Å². The normalized spacial score (nSPS) is 10.8. The van der Waals surface area contributed by atoms with Crippen LogP contribution in [0.1, 0.15) is 0 Å². The number of phenols is 1. The maximum Gasteiger partial charge on any atom is 0.116 e. The summed E-state index contributed by atoms with van der Waals surface area (Å²) in [7, 11) is 0. The Hall–Kier alpha value is -3.06. The van der Waals surface area contributed by atoms with Gasteiger partial charge in [-0.1, -0.05) is 72.8 Å². The molecule has 0 heterocycles. The summed E-state index contributed by atoms with van der Waals surface area (Å²) in [5, 5.41) is 11.9. The van der Waals surface area contributed by atoms with Gasteiger partial charge in [-0.25, -0.2) is 0 Å². The highest BCUT2D eigenvalue weighted by Gasteiger charge is 2.06. The molecule has 4 aromatic rings. The highest BCUT2D eigenvalue weighted by molar-refractivity contribution is 5.97. The van der Waals surface area contributed by atoms with E-state index in [0.29, 0.717) is 5.75 Å². The molecule has 110 valence electrons. The number of phenolic OH excluding ortho intramolecular Hbond substituents is 1. The van der Waals surface area contributed by atoms with Crippen LogP contribution in [-0.2, 0) is 0 Å². The second-order valence-electron chi connectivity index (χ2n) is 5.66. The molecule has 0 saturated carbocycles. The zero-order valence-corrected chi connectivity index (χ0v) is 12.6. The molecule has 4 aromatic carbocycles. The highest BCUT2D eigenvalue weighted by atomic mass is 16.3. The molecule has 0 unspecified atom stereocenters. The van der Waals surface area contributed by atoms with Crippen LogP contribution in [0.3, 0.4) is 0 Å². The van der Waals surface area contributed by atoms with Crippen molar-refractivity contribution in [1.82, 2.24) is 0 Å². The van der Waals surface area contributed by atoms with Gasteiger partial charge in [-0.3, -0.25) is 0 Å². The lowest BCUT2D eigenvalue weighted by molar-refractivity contribution is 0.476. The standard InChI is InChI=1S/C22H16O/c23-20-12-13-22-19(15-20)10-5-11-21(22)18-9-4-8-17(14-18)16-6-2-1-3-7-16/h1-15,23H. The molecule has 0 amide bonds. The zero-order chi connectivity index (χ0) is 15.6. The number of hydrogen-bond donors (Lipinski definition) is 1. The minimum absolute atomic E-state index is 0.299. The molecule has 23 heavy (non-hydrogen) atoms. The quantitative estimate of drug-likeness (QED) is 0.490. The summed E-state index contributed by atoms with van der Waals surface area (Å²) in [5.74, 6) is 0.299. The SMILES string of the molecule is Oc1ccc2c(-c3cccc(-c4ccccc4)c3)cccc2c1. The number of rotatable bonds is 2. The Kier molecular flexibility index (Phi) is 3.32. The minimum Gasteiger partial charge on any atom is -0.508 e. The van der Waals surface area contributed by atoms with E-state index < -0.39 is 0 Å². The van der Waals surface area contributed by atoms with Crippen LogP contribution in [0.4, 0.5) is 0 Å². The maximum atomic E-state index is 9.68. The molecule has 0 spiro atoms. The predicted octanol–water partition coefficient (Wildman–Crippen LogP) is 5.88. The van der Waals surface area contributed by atoms with Crippen LogP contribution in [0.2, 0.25) is 0 Å². The van der Waals surface area contributed by atoms with Crippen molar-refractivity contribution in [1.29, 1.82) is 0 Å². The van der Waals surface area contributed by atoms with E-state index in [-0.39, 0.29) is 0 Å². The van der Waals surface area contributed by atoms with Crippen LogP contribution in [0.5, 0.6) is 5.75 Å². The molecule has 1 nitrogen and oxygen atoms in total. The molecule has 0 aromatic heterocycles. The lowest BCUT2D eigenvalue weighted by Gasteiger charge is -2.09. The van der Waals surface area contributed by atoms with E-state index in [2.05, 4.69) is 54.6 Å². The van der Waals surface area contributed by atoms with Gasteiger partial charge in [0.2, 0.25) is 0 Å². The van der Waals surface area contributed by atoms with Crippen molar-refractivity contribution in [2.75, 3.05) is 0 Å². The molecule has 1 N–H and O–H groups in total. The average Bonchev–Trinajstić information content (AvgIpc) is 2.62. The number of aromatic hydroxyl groups is 1. The van der Waals surface area contributed by atoms with Crippen LogP contribution in [-0.4, -0.2) is 5.11 Å². The molecule has 0 bridgehead atoms. The van der Waals surface area contributed by atoms with E-state index in [0.717, 1.165) is 10.8 Å². The van der Waals surface area contributed by atoms with Crippen LogP contribution in [0, 0.1) is 0 Å². The van der Waals surface area contributed by atoms with Gasteiger partial charge in [0.15, 0.2) is 0 Å². The second kappa shape index (κ2) is 5.62. The second-order valence-corrected chi connectivity index (χ2v) is 5.66. The average molecular weight is 296 g/mol. The first-order valence-corrected chi connectivity index (χ1v) is 7.69. The Morgan fingerprint density at radius 3 is 2.13 bits per heavy atom. The van der Waals surface area contributed by atoms with E-state index in [1.165, 1.54) is 22.3 Å². The largest absolute Gasteiger partial charge is 0.508 e. The molecule has 0 saturated heterocycles. The maximum absolute atomic E-state index is 9.68. The first-order chi connectivity index (χ1) is 11.3. The lowest BCUT2D eigenvalue weighted by atomic mass is 9.95. The summed E-state index contributed by atoms with van der Waals surface area (Å²) in [6.07, 6.45) is 0. The summed E-state index contributed by atoms with van der Waals surface area (Å²) in [4.78, 5) is 0. The third kappa shape index (κ3) is 2.58. The van der Waals surface area contributed by atoms with Crippen molar-refractivity contribution in [3.8, 4) is 28.0 Å². The van der Waals surface area contributed by atoms with Gasteiger partial charge in [-0.15, -0.1) is 0 Å². The molecule has 0 aliphatic heterocycles. The Morgan fingerprint density at radius 2 is 1.26 bits per heavy atom. The van der Waals surface area contributed by atoms with Crippen molar-refractivity contribution < 1.29 is 5.11 Å². The summed E-state index contributed by atoms with van der Waals surface area (Å²) in [6, 6.07) is 30.7. The van der Waals surface area contributed by atoms with E-state index >= 15 is 0 Å². The monoisotopic (exact) mass is 296 g/mol. The highest BCUT2D eigenvalue weighted by Crippen LogP contribution is 2.32. The first-order valence-electron chi connectivity index (χ1n) is 7.69. The predicted molar refractivity (Wildman–Crippen MR) is 96.5 cm³/mol. The van der Waals surface area contributed by atoms with Crippen LogP contribution in [0.15, 0.2) is 91.0 Å². The molecule has 0 aliphatic rings. The van der Waals surface area contributed by atoms with Gasteiger partial charge < -0.3 is 5.11 Å². The Bertz CT molecular complexity index is 971. The third-order valence-electron chi connectivity index (χ3n) is 4.14. The van der Waals surface area contributed by atoms with Crippen molar-refractivity contribution >= 4 is 10.8 Å². The lowest BCUT2D eigenvalue weighted by Crippen LogP contribution is -1.83. The van der Waals surface area contributed by atoms with Gasteiger partial charge in [0.1, 0.15) is 5.75 Å². The fourth-order valence-corrected chi connectivity index (χ4v) is 3.02. The van der Waals surface area contributed by atoms with Gasteiger partial charge in [0.25, 0.3) is 0 Å². The van der Waals surface area contributed by atoms with E-state index in [4.69, 9.17) is 0 Å². The molecule has 1 heteroatoms. The van der Waals surface area contributed by atoms with Crippen molar-refractivity contribution in [3.63, 3.8) is 0 Å². The number of hydrogen-bond acceptors (Lipinski definition) is 1. The fraction of sp³-hybridized carbons (Fsp3) is 0. The van der Waals surface area contributed by atoms with Gasteiger partial charge in [-0.05, 0) is 51.2 Å². The number of benzene rings is 4. The molecule has 0 atom stereocenters. The molecule has 0 aliphatic carbocycles. The van der Waals surface area contributed by atoms with Crippen LogP contribution in [0.25, 0.3) is 33.0 Å². The molecular formula is C22H16O. The Morgan fingerprint density at radius 1 is 0.522 bits per heavy atom. The van der Waals surface area contributed by atoms with E-state index in [1.807, 2.05) is 24.3 Å². The smallest absolute Gasteiger partial charge is 0.116 e. The topological polar surface area (TPSA) is 20.2 Å². The van der Waals surface area contributed by atoms with Gasteiger partial charge in [-0.2, -0.15) is 0 Å². The van der Waals surface area contributed by atoms with Crippen molar-refractivity contribution in [3.05, 3.63) is 91.0 Å². The van der Waals surface area contributed by atoms with Gasteiger partial charge >= 0.3 is 0 Å². The fourth-order valence-electron chi connectivity index (χ4n) is 3.02. The van der Waals surface area contributed by atoms with Crippen LogP contribution >= 0.6 is 0 Å². The van der Waals surface area contributed by atoms with Gasteiger partial charge in [0.05, 0.1) is 0 Å². The van der Waals surface area contributed by atoms with E-state index in [9.17, 15) is 5.11 Å².